The molecule has 1 fully saturated rings. The molecule has 1 aromatic heterocycles. The maximum atomic E-state index is 13.2. The van der Waals surface area contributed by atoms with Crippen LogP contribution in [0.1, 0.15) is 37.1 Å². The summed E-state index contributed by atoms with van der Waals surface area (Å²) in [5.41, 5.74) is 1.18. The van der Waals surface area contributed by atoms with E-state index in [4.69, 9.17) is 27.9 Å². The largest absolute Gasteiger partial charge is 0.391 e. The van der Waals surface area contributed by atoms with E-state index in [1.165, 1.54) is 9.58 Å². The van der Waals surface area contributed by atoms with Gasteiger partial charge in [-0.15, -0.1) is 5.10 Å². The number of likely N-dealkylation sites (tertiary alicyclic amines) is 1. The van der Waals surface area contributed by atoms with Crippen LogP contribution in [0, 0.1) is 0 Å². The molecule has 11 heteroatoms. The highest BCUT2D eigenvalue weighted by Gasteiger charge is 2.28. The smallest absolute Gasteiger partial charge is 0.249 e. The van der Waals surface area contributed by atoms with E-state index in [9.17, 15) is 14.7 Å². The highest BCUT2D eigenvalue weighted by Crippen LogP contribution is 2.26. The number of carbonyl (C=O) groups is 2. The van der Waals surface area contributed by atoms with Crippen LogP contribution in [0.5, 0.6) is 0 Å². The first-order valence-electron chi connectivity index (χ1n) is 10.4. The number of ether oxygens (including phenoxy) is 1. The van der Waals surface area contributed by atoms with E-state index in [0.29, 0.717) is 40.8 Å². The predicted molar refractivity (Wildman–Crippen MR) is 119 cm³/mol. The first-order valence-corrected chi connectivity index (χ1v) is 11.2. The maximum absolute atomic E-state index is 13.2. The van der Waals surface area contributed by atoms with Gasteiger partial charge in [0.05, 0.1) is 25.5 Å². The van der Waals surface area contributed by atoms with Crippen LogP contribution in [0.2, 0.25) is 10.0 Å². The average molecular weight is 484 g/mol. The average Bonchev–Trinajstić information content (AvgIpc) is 3.21. The van der Waals surface area contributed by atoms with Gasteiger partial charge < -0.3 is 19.6 Å². The van der Waals surface area contributed by atoms with E-state index in [0.717, 1.165) is 0 Å². The number of halogens is 2. The minimum atomic E-state index is -0.745. The third-order valence-corrected chi connectivity index (χ3v) is 6.01. The quantitative estimate of drug-likeness (QED) is 0.587. The molecular weight excluding hydrogens is 457 g/mol. The van der Waals surface area contributed by atoms with Gasteiger partial charge in [0.15, 0.2) is 6.04 Å². The Morgan fingerprint density at radius 1 is 1.38 bits per heavy atom. The molecule has 0 radical (unpaired) electrons. The summed E-state index contributed by atoms with van der Waals surface area (Å²) in [5.74, 6) is -0.279. The monoisotopic (exact) mass is 483 g/mol. The number of amides is 2. The molecule has 2 heterocycles. The minimum Gasteiger partial charge on any atom is -0.391 e. The lowest BCUT2D eigenvalue weighted by Gasteiger charge is -2.29. The van der Waals surface area contributed by atoms with Gasteiger partial charge in [0, 0.05) is 48.8 Å². The molecule has 0 bridgehead atoms. The third-order valence-electron chi connectivity index (χ3n) is 5.30. The Kier molecular flexibility index (Phi) is 8.47. The summed E-state index contributed by atoms with van der Waals surface area (Å²) in [6, 6.07) is 4.45. The van der Waals surface area contributed by atoms with Gasteiger partial charge in [0.25, 0.3) is 0 Å². The molecule has 2 atom stereocenters. The molecule has 1 aliphatic heterocycles. The van der Waals surface area contributed by atoms with Gasteiger partial charge >= 0.3 is 0 Å². The van der Waals surface area contributed by atoms with Gasteiger partial charge in [-0.25, -0.2) is 4.68 Å². The molecule has 9 nitrogen and oxygen atoms in total. The van der Waals surface area contributed by atoms with E-state index >= 15 is 0 Å². The van der Waals surface area contributed by atoms with Gasteiger partial charge in [-0.2, -0.15) is 0 Å². The number of hydrogen-bond acceptors (Lipinski definition) is 6. The summed E-state index contributed by atoms with van der Waals surface area (Å²) >= 11 is 12.5. The highest BCUT2D eigenvalue weighted by molar-refractivity contribution is 6.36. The number of hydrogen-bond donors (Lipinski definition) is 1. The molecule has 1 aromatic carbocycles. The zero-order valence-corrected chi connectivity index (χ0v) is 19.6. The van der Waals surface area contributed by atoms with Gasteiger partial charge in [-0.05, 0) is 25.5 Å². The summed E-state index contributed by atoms with van der Waals surface area (Å²) in [6.07, 6.45) is 1.86. The molecular formula is C21H27Cl2N5O4. The molecule has 1 N–H and O–H groups in total. The van der Waals surface area contributed by atoms with Crippen molar-refractivity contribution in [1.82, 2.24) is 24.8 Å². The number of aliphatic hydroxyl groups is 1. The lowest BCUT2D eigenvalue weighted by molar-refractivity contribution is -0.137. The fraction of sp³-hybridized carbons (Fsp3) is 0.524. The molecule has 2 unspecified atom stereocenters. The Morgan fingerprint density at radius 2 is 2.09 bits per heavy atom. The van der Waals surface area contributed by atoms with Crippen molar-refractivity contribution in [2.45, 2.75) is 45.0 Å². The lowest BCUT2D eigenvalue weighted by atomic mass is 10.1. The molecule has 32 heavy (non-hydrogen) atoms. The zero-order valence-electron chi connectivity index (χ0n) is 18.1. The van der Waals surface area contributed by atoms with Crippen molar-refractivity contribution in [1.29, 1.82) is 0 Å². The molecule has 0 aliphatic carbocycles. The second-order valence-corrected chi connectivity index (χ2v) is 8.54. The SMILES string of the molecule is CCOCC(C(=O)N(C)Cc1c(Cl)cccc1Cl)n1cc(CN2CC(O)CCC2=O)nn1. The van der Waals surface area contributed by atoms with Crippen LogP contribution in [0.15, 0.2) is 24.4 Å². The second kappa shape index (κ2) is 11.1. The van der Waals surface area contributed by atoms with Crippen molar-refractivity contribution < 1.29 is 19.4 Å². The molecule has 174 valence electrons. The van der Waals surface area contributed by atoms with Crippen molar-refractivity contribution in [2.75, 3.05) is 26.8 Å². The first-order chi connectivity index (χ1) is 15.3. The number of carbonyl (C=O) groups excluding carboxylic acids is 2. The van der Waals surface area contributed by atoms with Crippen LogP contribution in [0.4, 0.5) is 0 Å². The number of rotatable bonds is 9. The van der Waals surface area contributed by atoms with Crippen LogP contribution in [0.3, 0.4) is 0 Å². The molecule has 2 aromatic rings. The Balaban J connectivity index is 1.74. The highest BCUT2D eigenvalue weighted by atomic mass is 35.5. The molecule has 1 aliphatic rings. The summed E-state index contributed by atoms with van der Waals surface area (Å²) in [4.78, 5) is 28.4. The number of benzene rings is 1. The van der Waals surface area contributed by atoms with E-state index in [1.54, 1.807) is 36.3 Å². The summed E-state index contributed by atoms with van der Waals surface area (Å²) in [7, 11) is 1.66. The minimum absolute atomic E-state index is 0.0388. The van der Waals surface area contributed by atoms with Crippen molar-refractivity contribution in [3.63, 3.8) is 0 Å². The number of aromatic nitrogens is 3. The number of piperidine rings is 1. The normalized spacial score (nSPS) is 17.5. The van der Waals surface area contributed by atoms with Crippen molar-refractivity contribution in [2.24, 2.45) is 0 Å². The van der Waals surface area contributed by atoms with E-state index in [1.807, 2.05) is 6.92 Å². The number of aliphatic hydroxyl groups excluding tert-OH is 1. The topological polar surface area (TPSA) is 101 Å². The van der Waals surface area contributed by atoms with Crippen LogP contribution < -0.4 is 0 Å². The Morgan fingerprint density at radius 3 is 2.78 bits per heavy atom. The van der Waals surface area contributed by atoms with E-state index in [2.05, 4.69) is 10.3 Å². The standard InChI is InChI=1S/C21H27Cl2N5O4/c1-3-32-13-19(21(31)26(2)12-16-17(22)5-4-6-18(16)23)28-10-14(24-25-28)9-27-11-15(29)7-8-20(27)30/h4-6,10,15,19,29H,3,7-9,11-13H2,1-2H3. The lowest BCUT2D eigenvalue weighted by Crippen LogP contribution is -2.41. The Bertz CT molecular complexity index is 934. The summed E-state index contributed by atoms with van der Waals surface area (Å²) in [5, 5.41) is 19.0. The van der Waals surface area contributed by atoms with Crippen molar-refractivity contribution in [3.8, 4) is 0 Å². The summed E-state index contributed by atoms with van der Waals surface area (Å²) in [6.45, 7) is 3.09. The van der Waals surface area contributed by atoms with Crippen LogP contribution in [-0.2, 0) is 27.4 Å². The fourth-order valence-corrected chi connectivity index (χ4v) is 4.04. The maximum Gasteiger partial charge on any atom is 0.249 e. The van der Waals surface area contributed by atoms with Gasteiger partial charge in [0.1, 0.15) is 5.69 Å². The van der Waals surface area contributed by atoms with Crippen LogP contribution in [-0.4, -0.2) is 74.6 Å². The molecule has 1 saturated heterocycles. The molecule has 0 saturated carbocycles. The summed E-state index contributed by atoms with van der Waals surface area (Å²) < 4.78 is 6.97. The van der Waals surface area contributed by atoms with E-state index in [-0.39, 0.29) is 38.1 Å². The van der Waals surface area contributed by atoms with Crippen molar-refractivity contribution >= 4 is 35.0 Å². The first kappa shape index (κ1) is 24.4. The number of likely N-dealkylation sites (N-methyl/N-ethyl adjacent to an activating group) is 1. The van der Waals surface area contributed by atoms with Gasteiger partial charge in [-0.3, -0.25) is 9.59 Å². The number of β-amino-alcohol motifs (C(OH)–C–C–N with tert-alkyl or cyclic N) is 1. The fourth-order valence-electron chi connectivity index (χ4n) is 3.53. The Hall–Kier alpha value is -2.20. The predicted octanol–water partition coefficient (Wildman–Crippen LogP) is 2.30. The van der Waals surface area contributed by atoms with Crippen LogP contribution >= 0.6 is 23.2 Å². The molecule has 2 amide bonds. The van der Waals surface area contributed by atoms with E-state index < -0.39 is 12.1 Å². The van der Waals surface area contributed by atoms with Gasteiger partial charge in [-0.1, -0.05) is 34.5 Å². The Labute approximate surface area is 196 Å². The van der Waals surface area contributed by atoms with Gasteiger partial charge in [0.2, 0.25) is 11.8 Å². The van der Waals surface area contributed by atoms with Crippen molar-refractivity contribution in [3.05, 3.63) is 45.7 Å². The zero-order chi connectivity index (χ0) is 23.3. The number of nitrogens with zero attached hydrogens (tertiary/aromatic N) is 5. The van der Waals surface area contributed by atoms with Crippen LogP contribution in [0.25, 0.3) is 0 Å². The second-order valence-electron chi connectivity index (χ2n) is 7.73. The molecule has 0 spiro atoms. The molecule has 3 rings (SSSR count). The third kappa shape index (κ3) is 5.98.